The second-order valence-corrected chi connectivity index (χ2v) is 9.23. The Bertz CT molecular complexity index is 1000. The number of ether oxygens (including phenoxy) is 2. The van der Waals surface area contributed by atoms with Crippen LogP contribution in [-0.4, -0.2) is 35.7 Å². The van der Waals surface area contributed by atoms with E-state index in [2.05, 4.69) is 18.8 Å². The van der Waals surface area contributed by atoms with E-state index < -0.39 is 0 Å². The van der Waals surface area contributed by atoms with Crippen molar-refractivity contribution in [1.29, 1.82) is 0 Å². The van der Waals surface area contributed by atoms with Gasteiger partial charge in [0.25, 0.3) is 5.91 Å². The van der Waals surface area contributed by atoms with Crippen LogP contribution in [-0.2, 0) is 4.79 Å². The quantitative estimate of drug-likeness (QED) is 0.377. The number of hydrogen-bond donors (Lipinski definition) is 0. The molecule has 1 heterocycles. The van der Waals surface area contributed by atoms with Gasteiger partial charge >= 0.3 is 0 Å². The Morgan fingerprint density at radius 1 is 1.09 bits per heavy atom. The van der Waals surface area contributed by atoms with Crippen LogP contribution in [0.2, 0.25) is 5.02 Å². The average Bonchev–Trinajstić information content (AvgIpc) is 3.04. The third-order valence-electron chi connectivity index (χ3n) is 4.52. The first kappa shape index (κ1) is 24.2. The second kappa shape index (κ2) is 11.4. The molecule has 0 unspecified atom stereocenters. The Kier molecular flexibility index (Phi) is 8.65. The molecule has 1 aliphatic heterocycles. The van der Waals surface area contributed by atoms with E-state index in [-0.39, 0.29) is 5.91 Å². The number of benzene rings is 2. The highest BCUT2D eigenvalue weighted by molar-refractivity contribution is 8.18. The molecule has 0 aromatic heterocycles. The predicted octanol–water partition coefficient (Wildman–Crippen LogP) is 6.79. The van der Waals surface area contributed by atoms with E-state index >= 15 is 0 Å². The predicted molar refractivity (Wildman–Crippen MR) is 134 cm³/mol. The summed E-state index contributed by atoms with van der Waals surface area (Å²) in [7, 11) is 0. The molecule has 0 saturated carbocycles. The Morgan fingerprint density at radius 3 is 2.50 bits per heavy atom. The average molecular weight is 473 g/mol. The molecule has 7 heteroatoms. The fourth-order valence-electron chi connectivity index (χ4n) is 3.05. The third-order valence-corrected chi connectivity index (χ3v) is 5.78. The maximum absolute atomic E-state index is 13.1. The molecule has 1 aliphatic rings. The molecule has 1 saturated heterocycles. The highest BCUT2D eigenvalue weighted by Crippen LogP contribution is 2.36. The van der Waals surface area contributed by atoms with Gasteiger partial charge in [0.15, 0.2) is 16.7 Å². The molecular weight excluding hydrogens is 444 g/mol. The van der Waals surface area contributed by atoms with Crippen LogP contribution in [0.25, 0.3) is 6.08 Å². The maximum atomic E-state index is 13.1. The van der Waals surface area contributed by atoms with Crippen molar-refractivity contribution in [3.63, 3.8) is 0 Å². The monoisotopic (exact) mass is 472 g/mol. The van der Waals surface area contributed by atoms with Gasteiger partial charge in [-0.15, -0.1) is 0 Å². The van der Waals surface area contributed by atoms with Crippen molar-refractivity contribution in [2.45, 2.75) is 34.1 Å². The van der Waals surface area contributed by atoms with Gasteiger partial charge in [-0.1, -0.05) is 38.4 Å². The summed E-state index contributed by atoms with van der Waals surface area (Å²) in [5.74, 6) is 1.77. The molecule has 0 spiro atoms. The molecule has 2 aromatic carbocycles. The Balaban J connectivity index is 1.89. The maximum Gasteiger partial charge on any atom is 0.266 e. The van der Waals surface area contributed by atoms with Crippen LogP contribution in [0.4, 0.5) is 5.69 Å². The van der Waals surface area contributed by atoms with E-state index in [9.17, 15) is 4.79 Å². The summed E-state index contributed by atoms with van der Waals surface area (Å²) in [5, 5.41) is 1.33. The van der Waals surface area contributed by atoms with E-state index in [0.717, 1.165) is 17.7 Å². The van der Waals surface area contributed by atoms with Gasteiger partial charge in [-0.05, 0) is 79.1 Å². The van der Waals surface area contributed by atoms with Crippen LogP contribution >= 0.6 is 23.4 Å². The van der Waals surface area contributed by atoms with Crippen molar-refractivity contribution in [2.24, 2.45) is 10.9 Å². The van der Waals surface area contributed by atoms with Crippen molar-refractivity contribution < 1.29 is 14.3 Å². The zero-order valence-corrected chi connectivity index (χ0v) is 20.5. The van der Waals surface area contributed by atoms with Crippen LogP contribution in [0.15, 0.2) is 52.4 Å². The van der Waals surface area contributed by atoms with Gasteiger partial charge in [-0.2, -0.15) is 0 Å². The molecule has 0 N–H and O–H groups in total. The van der Waals surface area contributed by atoms with E-state index in [1.807, 2.05) is 50.3 Å². The summed E-state index contributed by atoms with van der Waals surface area (Å²) < 4.78 is 11.7. The van der Waals surface area contributed by atoms with Gasteiger partial charge in [0.2, 0.25) is 0 Å². The summed E-state index contributed by atoms with van der Waals surface area (Å²) in [6, 6.07) is 13.0. The highest BCUT2D eigenvalue weighted by atomic mass is 35.5. The topological polar surface area (TPSA) is 51.1 Å². The third kappa shape index (κ3) is 6.30. The zero-order chi connectivity index (χ0) is 23.1. The fraction of sp³-hybridized carbons (Fsp3) is 0.360. The summed E-state index contributed by atoms with van der Waals surface area (Å²) >= 11 is 7.36. The van der Waals surface area contributed by atoms with Crippen molar-refractivity contribution >= 4 is 46.2 Å². The molecule has 0 radical (unpaired) electrons. The van der Waals surface area contributed by atoms with E-state index in [4.69, 9.17) is 21.1 Å². The lowest BCUT2D eigenvalue weighted by Gasteiger charge is -2.14. The number of aliphatic imine (C=N–C) groups is 1. The molecule has 1 fully saturated rings. The van der Waals surface area contributed by atoms with Gasteiger partial charge in [0, 0.05) is 11.6 Å². The Labute approximate surface area is 199 Å². The number of amidine groups is 1. The number of thioether (sulfide) groups is 1. The number of amides is 1. The molecule has 0 atom stereocenters. The van der Waals surface area contributed by atoms with Gasteiger partial charge in [0.1, 0.15) is 0 Å². The van der Waals surface area contributed by atoms with Crippen molar-refractivity contribution in [2.75, 3.05) is 19.8 Å². The van der Waals surface area contributed by atoms with Crippen LogP contribution in [0.1, 0.15) is 39.7 Å². The summed E-state index contributed by atoms with van der Waals surface area (Å²) in [4.78, 5) is 20.1. The SMILES string of the molecule is CCCN1C(=O)/C(=C/c2ccc(OCC(C)C)c(OCC)c2)SC1=Nc1ccc(Cl)cc1. The standard InChI is InChI=1S/C25H29ClN2O3S/c1-5-13-28-24(29)23(32-25(28)27-20-10-8-19(26)9-11-20)15-18-7-12-21(31-16-17(3)4)22(14-18)30-6-2/h7-12,14-15,17H,5-6,13,16H2,1-4H3/b23-15-,27-25?. The summed E-state index contributed by atoms with van der Waals surface area (Å²) in [5.41, 5.74) is 1.64. The lowest BCUT2D eigenvalue weighted by atomic mass is 10.1. The molecule has 32 heavy (non-hydrogen) atoms. The van der Waals surface area contributed by atoms with Gasteiger partial charge in [0.05, 0.1) is 23.8 Å². The zero-order valence-electron chi connectivity index (χ0n) is 18.9. The lowest BCUT2D eigenvalue weighted by molar-refractivity contribution is -0.122. The van der Waals surface area contributed by atoms with Crippen molar-refractivity contribution in [3.8, 4) is 11.5 Å². The smallest absolute Gasteiger partial charge is 0.266 e. The minimum atomic E-state index is -0.0392. The van der Waals surface area contributed by atoms with E-state index in [0.29, 0.717) is 52.3 Å². The molecule has 1 amide bonds. The molecule has 3 rings (SSSR count). The second-order valence-electron chi connectivity index (χ2n) is 7.78. The largest absolute Gasteiger partial charge is 0.490 e. The minimum absolute atomic E-state index is 0.0392. The number of rotatable bonds is 9. The van der Waals surface area contributed by atoms with Crippen LogP contribution in [0, 0.1) is 5.92 Å². The lowest BCUT2D eigenvalue weighted by Crippen LogP contribution is -2.29. The molecule has 2 aromatic rings. The van der Waals surface area contributed by atoms with Crippen LogP contribution in [0.3, 0.4) is 0 Å². The number of nitrogens with zero attached hydrogens (tertiary/aromatic N) is 2. The molecule has 0 bridgehead atoms. The number of carbonyl (C=O) groups excluding carboxylic acids is 1. The number of halogens is 1. The highest BCUT2D eigenvalue weighted by Gasteiger charge is 2.32. The number of hydrogen-bond acceptors (Lipinski definition) is 5. The summed E-state index contributed by atoms with van der Waals surface area (Å²) in [6.07, 6.45) is 2.73. The van der Waals surface area contributed by atoms with E-state index in [1.165, 1.54) is 11.8 Å². The Morgan fingerprint density at radius 2 is 1.84 bits per heavy atom. The molecular formula is C25H29ClN2O3S. The minimum Gasteiger partial charge on any atom is -0.490 e. The van der Waals surface area contributed by atoms with Gasteiger partial charge < -0.3 is 9.47 Å². The molecule has 170 valence electrons. The van der Waals surface area contributed by atoms with E-state index in [1.54, 1.807) is 17.0 Å². The van der Waals surface area contributed by atoms with Crippen LogP contribution < -0.4 is 9.47 Å². The Hall–Kier alpha value is -2.44. The molecule has 0 aliphatic carbocycles. The van der Waals surface area contributed by atoms with Crippen LogP contribution in [0.5, 0.6) is 11.5 Å². The normalized spacial score (nSPS) is 16.4. The first-order valence-electron chi connectivity index (χ1n) is 10.9. The fourth-order valence-corrected chi connectivity index (χ4v) is 4.20. The number of carbonyl (C=O) groups is 1. The van der Waals surface area contributed by atoms with Crippen molar-refractivity contribution in [3.05, 3.63) is 58.0 Å². The molecule has 5 nitrogen and oxygen atoms in total. The van der Waals surface area contributed by atoms with Gasteiger partial charge in [-0.25, -0.2) is 4.99 Å². The van der Waals surface area contributed by atoms with Gasteiger partial charge in [-0.3, -0.25) is 9.69 Å². The van der Waals surface area contributed by atoms with Crippen molar-refractivity contribution in [1.82, 2.24) is 4.90 Å². The summed E-state index contributed by atoms with van der Waals surface area (Å²) in [6.45, 7) is 9.96. The first-order chi connectivity index (χ1) is 15.4. The first-order valence-corrected chi connectivity index (χ1v) is 12.1.